The summed E-state index contributed by atoms with van der Waals surface area (Å²) in [5.74, 6) is -3.01. The molecule has 0 fully saturated rings. The van der Waals surface area contributed by atoms with Crippen molar-refractivity contribution in [3.05, 3.63) is 0 Å². The average Bonchev–Trinajstić information content (AvgIpc) is 3.12. The van der Waals surface area contributed by atoms with Gasteiger partial charge in [0.2, 0.25) is 0 Å². The Bertz CT molecular complexity index is 766. The van der Waals surface area contributed by atoms with Crippen molar-refractivity contribution in [3.63, 3.8) is 0 Å². The third-order valence-electron chi connectivity index (χ3n) is 5.59. The molecule has 48 heavy (non-hydrogen) atoms. The first-order chi connectivity index (χ1) is 22.2. The number of rotatable bonds is 20. The molecule has 0 heterocycles. The van der Waals surface area contributed by atoms with Crippen LogP contribution in [0.25, 0.3) is 0 Å². The molecule has 0 aliphatic rings. The Hall–Kier alpha value is -2.12. The zero-order valence-electron chi connectivity index (χ0n) is 25.1. The quantitative estimate of drug-likeness (QED) is 0.0519. The van der Waals surface area contributed by atoms with E-state index < -0.39 is 143 Å². The number of aliphatic hydroxyl groups excluding tert-OH is 20. The van der Waals surface area contributed by atoms with Crippen LogP contribution in [0.4, 0.5) is 0 Å². The number of aliphatic hydroxyl groups is 20. The lowest BCUT2D eigenvalue weighted by atomic mass is 10.0. The van der Waals surface area contributed by atoms with Crippen LogP contribution in [0.2, 0.25) is 0 Å². The van der Waals surface area contributed by atoms with Gasteiger partial charge in [-0.2, -0.15) is 0 Å². The normalized spacial score (nSPS) is 19.1. The molecule has 0 amide bonds. The van der Waals surface area contributed by atoms with E-state index in [-0.39, 0.29) is 6.29 Å². The second kappa shape index (κ2) is 29.8. The molecule has 0 aliphatic heterocycles. The van der Waals surface area contributed by atoms with Gasteiger partial charge in [-0.05, 0) is 0 Å². The molecular weight excluding hydrogens is 672 g/mol. The van der Waals surface area contributed by atoms with E-state index in [9.17, 15) is 19.2 Å². The third-order valence-corrected chi connectivity index (χ3v) is 5.59. The summed E-state index contributed by atoms with van der Waals surface area (Å²) in [5, 5.41) is 173. The minimum absolute atomic E-state index is 0.0258. The molecule has 0 saturated heterocycles. The monoisotopic (exact) mass is 720 g/mol. The van der Waals surface area contributed by atoms with Gasteiger partial charge in [0, 0.05) is 0 Å². The lowest BCUT2D eigenvalue weighted by Gasteiger charge is -2.22. The molecule has 0 radical (unpaired) electrons. The summed E-state index contributed by atoms with van der Waals surface area (Å²) in [6.45, 7) is -5.82. The fourth-order valence-electron chi connectivity index (χ4n) is 2.43. The maximum Gasteiger partial charge on any atom is 0.189 e. The third kappa shape index (κ3) is 21.1. The second-order valence-electron chi connectivity index (χ2n) is 9.29. The summed E-state index contributed by atoms with van der Waals surface area (Å²) in [4.78, 5) is 41.5. The van der Waals surface area contributed by atoms with Gasteiger partial charge in [-0.15, -0.1) is 0 Å². The van der Waals surface area contributed by atoms with Crippen LogP contribution in [-0.4, -0.2) is 251 Å². The van der Waals surface area contributed by atoms with Gasteiger partial charge >= 0.3 is 0 Å². The number of aldehydes is 1. The standard InChI is InChI=1S/4C6H12O6/c4*7-1-3(9)5(11)6(12)4(10)2-8/h3*3,5-9,11-12H,1-2H2;1,3-6,8-12H,2H2/t3*3-,5-,6-;3-,4+,5+,6+/m1110/s1. The summed E-state index contributed by atoms with van der Waals surface area (Å²) >= 11 is 0. The van der Waals surface area contributed by atoms with Crippen LogP contribution in [0, 0.1) is 0 Å². The lowest BCUT2D eigenvalue weighted by molar-refractivity contribution is -0.143. The van der Waals surface area contributed by atoms with Crippen molar-refractivity contribution in [3.8, 4) is 0 Å². The van der Waals surface area contributed by atoms with Crippen LogP contribution in [0.1, 0.15) is 0 Å². The first-order valence-corrected chi connectivity index (χ1v) is 13.3. The molecule has 0 aromatic heterocycles. The van der Waals surface area contributed by atoms with Gasteiger partial charge in [-0.3, -0.25) is 14.4 Å². The number of hydrogen-bond acceptors (Lipinski definition) is 24. The smallest absolute Gasteiger partial charge is 0.189 e. The van der Waals surface area contributed by atoms with E-state index in [0.29, 0.717) is 0 Å². The molecule has 13 atom stereocenters. The zero-order chi connectivity index (χ0) is 38.9. The molecule has 288 valence electrons. The number of hydrogen-bond donors (Lipinski definition) is 20. The van der Waals surface area contributed by atoms with Gasteiger partial charge in [0.15, 0.2) is 23.6 Å². The summed E-state index contributed by atoms with van der Waals surface area (Å²) < 4.78 is 0. The fraction of sp³-hybridized carbons (Fsp3) is 0.833. The van der Waals surface area contributed by atoms with E-state index in [1.807, 2.05) is 0 Å². The summed E-state index contributed by atoms with van der Waals surface area (Å²) in [5.41, 5.74) is 0. The number of ketones is 3. The highest BCUT2D eigenvalue weighted by atomic mass is 16.4. The van der Waals surface area contributed by atoms with Gasteiger partial charge in [-0.1, -0.05) is 0 Å². The number of Topliss-reactive ketones (excluding diaryl/α,β-unsaturated/α-hetero) is 3. The average molecular weight is 721 g/mol. The Morgan fingerprint density at radius 3 is 0.750 bits per heavy atom. The summed E-state index contributed by atoms with van der Waals surface area (Å²) in [6.07, 6.45) is -22.5. The van der Waals surface area contributed by atoms with Gasteiger partial charge < -0.3 is 107 Å². The van der Waals surface area contributed by atoms with Gasteiger partial charge in [0.1, 0.15) is 99.2 Å². The molecule has 0 saturated carbocycles. The van der Waals surface area contributed by atoms with E-state index in [2.05, 4.69) is 0 Å². The van der Waals surface area contributed by atoms with E-state index in [0.717, 1.165) is 0 Å². The fourth-order valence-corrected chi connectivity index (χ4v) is 2.43. The Morgan fingerprint density at radius 2 is 0.583 bits per heavy atom. The predicted molar refractivity (Wildman–Crippen MR) is 149 cm³/mol. The molecule has 0 aromatic carbocycles. The number of carbonyl (C=O) groups excluding carboxylic acids is 4. The molecule has 0 aliphatic carbocycles. The maximum atomic E-state index is 10.5. The van der Waals surface area contributed by atoms with Crippen LogP contribution in [0.5, 0.6) is 0 Å². The van der Waals surface area contributed by atoms with E-state index in [4.69, 9.17) is 102 Å². The molecular formula is C24H48O24. The topological polar surface area (TPSA) is 473 Å². The predicted octanol–water partition coefficient (Wildman–Crippen LogP) is -13.5. The van der Waals surface area contributed by atoms with Crippen LogP contribution >= 0.6 is 0 Å². The van der Waals surface area contributed by atoms with Crippen molar-refractivity contribution in [2.24, 2.45) is 0 Å². The summed E-state index contributed by atoms with van der Waals surface area (Å²) in [6, 6.07) is 0. The highest BCUT2D eigenvalue weighted by Crippen LogP contribution is 2.04. The Balaban J connectivity index is -0.000000269. The Morgan fingerprint density at radius 1 is 0.375 bits per heavy atom. The van der Waals surface area contributed by atoms with Crippen LogP contribution in [0.3, 0.4) is 0 Å². The molecule has 0 unspecified atom stereocenters. The molecule has 0 bridgehead atoms. The molecule has 0 aromatic rings. The van der Waals surface area contributed by atoms with E-state index in [1.54, 1.807) is 0 Å². The van der Waals surface area contributed by atoms with Crippen molar-refractivity contribution in [1.29, 1.82) is 0 Å². The first-order valence-electron chi connectivity index (χ1n) is 13.3. The second-order valence-corrected chi connectivity index (χ2v) is 9.29. The Labute approximate surface area is 271 Å². The largest absolute Gasteiger partial charge is 0.394 e. The van der Waals surface area contributed by atoms with Crippen LogP contribution in [0.15, 0.2) is 0 Å². The van der Waals surface area contributed by atoms with E-state index >= 15 is 0 Å². The molecule has 24 nitrogen and oxygen atoms in total. The van der Waals surface area contributed by atoms with Crippen LogP contribution in [-0.2, 0) is 19.2 Å². The zero-order valence-corrected chi connectivity index (χ0v) is 25.1. The van der Waals surface area contributed by atoms with Gasteiger partial charge in [0.25, 0.3) is 0 Å². The minimum Gasteiger partial charge on any atom is -0.394 e. The molecule has 0 spiro atoms. The molecule has 20 N–H and O–H groups in total. The maximum absolute atomic E-state index is 10.5. The van der Waals surface area contributed by atoms with Crippen molar-refractivity contribution in [2.45, 2.75) is 79.4 Å². The first kappa shape index (κ1) is 52.7. The SMILES string of the molecule is O=C(CO)[C@@H](O)[C@H](O)[C@H](O)CO.O=C(CO)[C@@H](O)[C@H](O)[C@H](O)CO.O=C(CO)[C@@H](O)[C@H](O)[C@H](O)CO.O=C[C@H](O)[C@@H](O)[C@H](O)[C@H](O)CO. The Kier molecular flexibility index (Phi) is 32.7. The lowest BCUT2D eigenvalue weighted by Crippen LogP contribution is -2.46. The van der Waals surface area contributed by atoms with Crippen molar-refractivity contribution in [1.82, 2.24) is 0 Å². The molecule has 0 rings (SSSR count). The van der Waals surface area contributed by atoms with Gasteiger partial charge in [0.05, 0.1) is 26.4 Å². The van der Waals surface area contributed by atoms with Crippen molar-refractivity contribution < 1.29 is 121 Å². The number of carbonyl (C=O) groups is 4. The van der Waals surface area contributed by atoms with E-state index in [1.165, 1.54) is 0 Å². The minimum atomic E-state index is -1.86. The highest BCUT2D eigenvalue weighted by molar-refractivity contribution is 5.85. The summed E-state index contributed by atoms with van der Waals surface area (Å²) in [7, 11) is 0. The van der Waals surface area contributed by atoms with Crippen molar-refractivity contribution >= 4 is 23.6 Å². The van der Waals surface area contributed by atoms with Crippen molar-refractivity contribution in [2.75, 3.05) is 46.2 Å². The van der Waals surface area contributed by atoms with Gasteiger partial charge in [-0.25, -0.2) is 0 Å². The highest BCUT2D eigenvalue weighted by Gasteiger charge is 2.31. The molecule has 24 heteroatoms. The van der Waals surface area contributed by atoms with Crippen LogP contribution < -0.4 is 0 Å².